The Labute approximate surface area is 164 Å². The Morgan fingerprint density at radius 1 is 1.11 bits per heavy atom. The van der Waals surface area contributed by atoms with Gasteiger partial charge in [-0.2, -0.15) is 0 Å². The van der Waals surface area contributed by atoms with Crippen LogP contribution < -0.4 is 10.6 Å². The summed E-state index contributed by atoms with van der Waals surface area (Å²) < 4.78 is 13.5. The summed E-state index contributed by atoms with van der Waals surface area (Å²) >= 11 is 0. The van der Waals surface area contributed by atoms with Gasteiger partial charge in [-0.25, -0.2) is 4.39 Å². The molecule has 0 aliphatic heterocycles. The lowest BCUT2D eigenvalue weighted by Crippen LogP contribution is -2.42. The van der Waals surface area contributed by atoms with Crippen LogP contribution in [0.15, 0.2) is 24.3 Å². The van der Waals surface area contributed by atoms with Crippen LogP contribution in [0, 0.1) is 11.2 Å². The number of hydrogen-bond acceptors (Lipinski definition) is 2. The van der Waals surface area contributed by atoms with Crippen LogP contribution in [0.4, 0.5) is 4.39 Å². The van der Waals surface area contributed by atoms with E-state index in [-0.39, 0.29) is 35.5 Å². The average molecular weight is 381 g/mol. The van der Waals surface area contributed by atoms with Gasteiger partial charge < -0.3 is 10.6 Å². The molecule has 0 saturated heterocycles. The summed E-state index contributed by atoms with van der Waals surface area (Å²) in [7, 11) is 0. The molecule has 0 aliphatic rings. The molecule has 1 unspecified atom stereocenters. The molecule has 0 saturated carbocycles. The monoisotopic (exact) mass is 380 g/mol. The highest BCUT2D eigenvalue weighted by atomic mass is 19.1. The van der Waals surface area contributed by atoms with E-state index in [1.165, 1.54) is 12.5 Å². The maximum atomic E-state index is 13.5. The minimum absolute atomic E-state index is 0.00527. The van der Waals surface area contributed by atoms with E-state index in [0.717, 1.165) is 6.42 Å². The van der Waals surface area contributed by atoms with Gasteiger partial charge in [0.15, 0.2) is 0 Å². The molecule has 0 heterocycles. The van der Waals surface area contributed by atoms with E-state index in [1.54, 1.807) is 18.2 Å². The van der Waals surface area contributed by atoms with E-state index in [4.69, 9.17) is 0 Å². The van der Waals surface area contributed by atoms with Crippen molar-refractivity contribution in [2.24, 2.45) is 5.41 Å². The molecule has 4 nitrogen and oxygen atoms in total. The summed E-state index contributed by atoms with van der Waals surface area (Å²) in [4.78, 5) is 23.8. The van der Waals surface area contributed by atoms with Gasteiger partial charge in [0.2, 0.25) is 11.8 Å². The third-order valence-corrected chi connectivity index (χ3v) is 4.19. The lowest BCUT2D eigenvalue weighted by atomic mass is 9.86. The van der Waals surface area contributed by atoms with Gasteiger partial charge in [0.1, 0.15) is 5.82 Å². The molecule has 0 spiro atoms. The predicted molar refractivity (Wildman–Crippen MR) is 110 cm³/mol. The number of carbonyl (C=O) groups is 2. The van der Waals surface area contributed by atoms with Crippen LogP contribution in [0.1, 0.15) is 72.8 Å². The fraction of sp³-hybridized carbons (Fsp3) is 0.636. The highest BCUT2D eigenvalue weighted by molar-refractivity contribution is 5.77. The Balaban J connectivity index is 0.00000210. The van der Waals surface area contributed by atoms with Crippen LogP contribution in [0.5, 0.6) is 0 Å². The third-order valence-electron chi connectivity index (χ3n) is 4.19. The maximum absolute atomic E-state index is 13.5. The molecule has 2 N–H and O–H groups in total. The summed E-state index contributed by atoms with van der Waals surface area (Å²) in [6, 6.07) is 6.30. The minimum Gasteiger partial charge on any atom is -0.354 e. The minimum atomic E-state index is -0.288. The largest absolute Gasteiger partial charge is 0.354 e. The molecular weight excluding hydrogens is 343 g/mol. The van der Waals surface area contributed by atoms with E-state index >= 15 is 0 Å². The van der Waals surface area contributed by atoms with Crippen molar-refractivity contribution in [1.82, 2.24) is 10.6 Å². The lowest BCUT2D eigenvalue weighted by Gasteiger charge is -2.22. The van der Waals surface area contributed by atoms with Crippen LogP contribution in [0.3, 0.4) is 0 Å². The van der Waals surface area contributed by atoms with Crippen LogP contribution in [0.25, 0.3) is 0 Å². The van der Waals surface area contributed by atoms with Crippen molar-refractivity contribution < 1.29 is 14.0 Å². The first kappa shape index (κ1) is 25.1. The number of benzene rings is 1. The molecule has 1 rings (SSSR count). The Hall–Kier alpha value is -1.91. The molecule has 154 valence electrons. The fourth-order valence-electron chi connectivity index (χ4n) is 2.24. The molecule has 0 aliphatic carbocycles. The number of aryl methyl sites for hydroxylation is 1. The third kappa shape index (κ3) is 12.2. The van der Waals surface area contributed by atoms with Crippen LogP contribution >= 0.6 is 0 Å². The SMILES string of the molecule is CCC.CCC(C)(C)CC(=O)NCC(C)NC(=O)CCc1ccccc1F. The van der Waals surface area contributed by atoms with Gasteiger partial charge >= 0.3 is 0 Å². The standard InChI is InChI=1S/C19H29FN2O2.C3H8/c1-5-19(3,4)12-18(24)21-13-14(2)22-17(23)11-10-15-8-6-7-9-16(15)20;1-3-2/h6-9,14H,5,10-13H2,1-4H3,(H,21,24)(H,22,23);3H2,1-2H3. The van der Waals surface area contributed by atoms with Gasteiger partial charge in [-0.3, -0.25) is 9.59 Å². The van der Waals surface area contributed by atoms with E-state index in [0.29, 0.717) is 24.9 Å². The number of amides is 2. The second-order valence-electron chi connectivity index (χ2n) is 7.77. The predicted octanol–water partition coefficient (Wildman–Crippen LogP) is 4.62. The second-order valence-corrected chi connectivity index (χ2v) is 7.77. The molecule has 2 amide bonds. The molecule has 0 bridgehead atoms. The van der Waals surface area contributed by atoms with Gasteiger partial charge in [0, 0.05) is 25.4 Å². The summed E-state index contributed by atoms with van der Waals surface area (Å²) in [5.41, 5.74) is 0.520. The molecule has 0 fully saturated rings. The Bertz CT molecular complexity index is 573. The summed E-state index contributed by atoms with van der Waals surface area (Å²) in [6.07, 6.45) is 3.24. The Morgan fingerprint density at radius 3 is 2.26 bits per heavy atom. The van der Waals surface area contributed by atoms with Gasteiger partial charge in [0.25, 0.3) is 0 Å². The molecule has 0 radical (unpaired) electrons. The number of nitrogens with one attached hydrogen (secondary N) is 2. The molecular formula is C22H37FN2O2. The normalized spacial score (nSPS) is 11.8. The van der Waals surface area contributed by atoms with Gasteiger partial charge in [0.05, 0.1) is 0 Å². The molecule has 27 heavy (non-hydrogen) atoms. The maximum Gasteiger partial charge on any atom is 0.220 e. The van der Waals surface area contributed by atoms with E-state index in [1.807, 2.05) is 6.92 Å². The van der Waals surface area contributed by atoms with Crippen LogP contribution in [0.2, 0.25) is 0 Å². The first-order valence-electron chi connectivity index (χ1n) is 9.94. The highest BCUT2D eigenvalue weighted by Crippen LogP contribution is 2.23. The highest BCUT2D eigenvalue weighted by Gasteiger charge is 2.20. The van der Waals surface area contributed by atoms with Crippen molar-refractivity contribution in [2.45, 2.75) is 79.7 Å². The summed E-state index contributed by atoms with van der Waals surface area (Å²) in [5.74, 6) is -0.438. The zero-order valence-electron chi connectivity index (χ0n) is 17.8. The molecule has 1 atom stereocenters. The van der Waals surface area contributed by atoms with Crippen molar-refractivity contribution in [3.63, 3.8) is 0 Å². The topological polar surface area (TPSA) is 58.2 Å². The van der Waals surface area contributed by atoms with Crippen LogP contribution in [-0.4, -0.2) is 24.4 Å². The number of hydrogen-bond donors (Lipinski definition) is 2. The molecule has 0 aromatic heterocycles. The summed E-state index contributed by atoms with van der Waals surface area (Å²) in [6.45, 7) is 12.7. The van der Waals surface area contributed by atoms with Crippen molar-refractivity contribution in [1.29, 1.82) is 0 Å². The number of halogens is 1. The lowest BCUT2D eigenvalue weighted by molar-refractivity contribution is -0.124. The first-order chi connectivity index (χ1) is 12.6. The van der Waals surface area contributed by atoms with Crippen molar-refractivity contribution in [3.8, 4) is 0 Å². The van der Waals surface area contributed by atoms with Gasteiger partial charge in [-0.15, -0.1) is 0 Å². The first-order valence-corrected chi connectivity index (χ1v) is 9.94. The zero-order valence-corrected chi connectivity index (χ0v) is 17.8. The van der Waals surface area contributed by atoms with E-state index in [2.05, 4.69) is 45.3 Å². The molecule has 5 heteroatoms. The quantitative estimate of drug-likeness (QED) is 0.657. The fourth-order valence-corrected chi connectivity index (χ4v) is 2.24. The van der Waals surface area contributed by atoms with Crippen molar-refractivity contribution in [3.05, 3.63) is 35.6 Å². The van der Waals surface area contributed by atoms with Crippen LogP contribution in [-0.2, 0) is 16.0 Å². The molecule has 1 aromatic carbocycles. The van der Waals surface area contributed by atoms with Crippen molar-refractivity contribution >= 4 is 11.8 Å². The van der Waals surface area contributed by atoms with Gasteiger partial charge in [-0.05, 0) is 30.4 Å². The number of carbonyl (C=O) groups excluding carboxylic acids is 2. The Kier molecular flexibility index (Phi) is 12.3. The summed E-state index contributed by atoms with van der Waals surface area (Å²) in [5, 5.41) is 5.67. The van der Waals surface area contributed by atoms with E-state index in [9.17, 15) is 14.0 Å². The smallest absolute Gasteiger partial charge is 0.220 e. The molecule has 1 aromatic rings. The van der Waals surface area contributed by atoms with E-state index < -0.39 is 0 Å². The van der Waals surface area contributed by atoms with Gasteiger partial charge in [-0.1, -0.05) is 65.7 Å². The number of rotatable bonds is 9. The average Bonchev–Trinajstić information content (AvgIpc) is 2.59. The Morgan fingerprint density at radius 2 is 1.70 bits per heavy atom. The second kappa shape index (κ2) is 13.3. The zero-order chi connectivity index (χ0) is 20.9. The van der Waals surface area contributed by atoms with Crippen molar-refractivity contribution in [2.75, 3.05) is 6.54 Å².